The van der Waals surface area contributed by atoms with Gasteiger partial charge in [-0.25, -0.2) is 0 Å². The number of alkyl halides is 3. The topological polar surface area (TPSA) is 59.3 Å². The molecular weight excluding hydrogens is 299 g/mol. The van der Waals surface area contributed by atoms with E-state index in [1.165, 1.54) is 13.8 Å². The van der Waals surface area contributed by atoms with Gasteiger partial charge in [0, 0.05) is 24.1 Å². The van der Waals surface area contributed by atoms with Gasteiger partial charge in [-0.2, -0.15) is 13.2 Å². The maximum Gasteiger partial charge on any atom is 0.454 e. The van der Waals surface area contributed by atoms with Gasteiger partial charge in [-0.05, 0) is 19.1 Å². The van der Waals surface area contributed by atoms with Crippen LogP contribution in [0.15, 0.2) is 40.5 Å². The van der Waals surface area contributed by atoms with Crippen molar-refractivity contribution in [2.45, 2.75) is 20.0 Å². The van der Waals surface area contributed by atoms with E-state index in [9.17, 15) is 22.8 Å². The van der Waals surface area contributed by atoms with Crippen LogP contribution in [-0.4, -0.2) is 17.7 Å². The van der Waals surface area contributed by atoms with Crippen molar-refractivity contribution in [3.63, 3.8) is 0 Å². The van der Waals surface area contributed by atoms with Gasteiger partial charge in [0.1, 0.15) is 5.58 Å². The second kappa shape index (κ2) is 5.67. The zero-order valence-electron chi connectivity index (χ0n) is 11.7. The summed E-state index contributed by atoms with van der Waals surface area (Å²) in [7, 11) is 0. The number of hydrogen-bond donors (Lipinski definition) is 1. The molecule has 0 saturated carbocycles. The van der Waals surface area contributed by atoms with Gasteiger partial charge in [0.15, 0.2) is 11.5 Å². The van der Waals surface area contributed by atoms with Crippen molar-refractivity contribution in [3.05, 3.63) is 41.8 Å². The molecular formula is C15H12F3NO3. The number of carbonyl (C=O) groups is 2. The minimum absolute atomic E-state index is 0.00610. The number of rotatable bonds is 4. The molecule has 1 heterocycles. The number of benzene rings is 1. The highest BCUT2D eigenvalue weighted by atomic mass is 19.4. The summed E-state index contributed by atoms with van der Waals surface area (Å²) in [6.45, 7) is 2.58. The lowest BCUT2D eigenvalue weighted by Gasteiger charge is -2.07. The Hall–Kier alpha value is -2.57. The molecule has 7 heteroatoms. The van der Waals surface area contributed by atoms with Crippen molar-refractivity contribution in [1.82, 2.24) is 0 Å². The first kappa shape index (κ1) is 15.8. The molecule has 22 heavy (non-hydrogen) atoms. The summed E-state index contributed by atoms with van der Waals surface area (Å²) in [5.41, 5.74) is 0.619. The molecule has 2 aromatic rings. The Morgan fingerprint density at radius 1 is 1.18 bits per heavy atom. The van der Waals surface area contributed by atoms with Crippen molar-refractivity contribution in [1.29, 1.82) is 0 Å². The molecule has 1 N–H and O–H groups in total. The number of allylic oxidation sites excluding steroid dienone is 2. The number of ketones is 2. The van der Waals surface area contributed by atoms with E-state index in [1.807, 2.05) is 0 Å². The molecule has 0 aliphatic heterocycles. The number of para-hydroxylation sites is 1. The summed E-state index contributed by atoms with van der Waals surface area (Å²) < 4.78 is 42.2. The van der Waals surface area contributed by atoms with Crippen molar-refractivity contribution in [2.75, 3.05) is 5.32 Å². The summed E-state index contributed by atoms with van der Waals surface area (Å²) in [4.78, 5) is 22.6. The molecule has 116 valence electrons. The molecule has 4 nitrogen and oxygen atoms in total. The first-order chi connectivity index (χ1) is 10.2. The number of fused-ring (bicyclic) bond motifs is 1. The minimum Gasteiger partial charge on any atom is -0.451 e. The van der Waals surface area contributed by atoms with E-state index in [-0.39, 0.29) is 22.9 Å². The summed E-state index contributed by atoms with van der Waals surface area (Å²) >= 11 is 0. The van der Waals surface area contributed by atoms with Crippen molar-refractivity contribution in [3.8, 4) is 0 Å². The minimum atomic E-state index is -4.94. The molecule has 0 saturated heterocycles. The smallest absolute Gasteiger partial charge is 0.451 e. The Morgan fingerprint density at radius 3 is 2.41 bits per heavy atom. The van der Waals surface area contributed by atoms with E-state index >= 15 is 0 Å². The van der Waals surface area contributed by atoms with Gasteiger partial charge < -0.3 is 9.73 Å². The van der Waals surface area contributed by atoms with Crippen molar-refractivity contribution >= 4 is 28.2 Å². The van der Waals surface area contributed by atoms with Gasteiger partial charge in [-0.3, -0.25) is 9.59 Å². The quantitative estimate of drug-likeness (QED) is 0.682. The maximum atomic E-state index is 12.3. The molecule has 0 fully saturated rings. The number of carbonyl (C=O) groups excluding carboxylic acids is 2. The third-order valence-electron chi connectivity index (χ3n) is 2.86. The van der Waals surface area contributed by atoms with Crippen LogP contribution in [0.25, 0.3) is 11.0 Å². The number of hydrogen-bond acceptors (Lipinski definition) is 4. The normalized spacial score (nSPS) is 12.5. The highest BCUT2D eigenvalue weighted by molar-refractivity contribution is 6.07. The van der Waals surface area contributed by atoms with Crippen LogP contribution in [0.1, 0.15) is 24.4 Å². The van der Waals surface area contributed by atoms with E-state index in [1.54, 1.807) is 24.3 Å². The van der Waals surface area contributed by atoms with E-state index in [0.717, 1.165) is 0 Å². The molecule has 0 aliphatic rings. The molecule has 0 spiro atoms. The number of furan rings is 1. The predicted octanol–water partition coefficient (Wildman–Crippen LogP) is 4.08. The SMILES string of the molecule is CC(=O)c1oc2ccccc2c1NC(C)=CC(=O)C(F)(F)F. The first-order valence-corrected chi connectivity index (χ1v) is 6.29. The predicted molar refractivity (Wildman–Crippen MR) is 74.7 cm³/mol. The lowest BCUT2D eigenvalue weighted by Crippen LogP contribution is -2.21. The summed E-state index contributed by atoms with van der Waals surface area (Å²) in [6, 6.07) is 6.70. The summed E-state index contributed by atoms with van der Waals surface area (Å²) in [5, 5.41) is 3.19. The van der Waals surface area contributed by atoms with Crippen LogP contribution >= 0.6 is 0 Å². The fourth-order valence-corrected chi connectivity index (χ4v) is 1.93. The zero-order valence-corrected chi connectivity index (χ0v) is 11.7. The molecule has 0 unspecified atom stereocenters. The Morgan fingerprint density at radius 2 is 1.82 bits per heavy atom. The van der Waals surface area contributed by atoms with Crippen LogP contribution < -0.4 is 5.32 Å². The molecule has 0 atom stereocenters. The Balaban J connectivity index is 2.43. The summed E-state index contributed by atoms with van der Waals surface area (Å²) in [6.07, 6.45) is -4.50. The molecule has 0 aliphatic carbocycles. The number of anilines is 1. The average Bonchev–Trinajstić information content (AvgIpc) is 2.77. The van der Waals surface area contributed by atoms with E-state index in [0.29, 0.717) is 17.0 Å². The van der Waals surface area contributed by atoms with Gasteiger partial charge in [0.05, 0.1) is 5.69 Å². The molecule has 0 radical (unpaired) electrons. The first-order valence-electron chi connectivity index (χ1n) is 6.29. The van der Waals surface area contributed by atoms with Crippen LogP contribution in [0.3, 0.4) is 0 Å². The monoisotopic (exact) mass is 311 g/mol. The second-order valence-corrected chi connectivity index (χ2v) is 4.67. The molecule has 1 aromatic carbocycles. The van der Waals surface area contributed by atoms with Crippen LogP contribution in [-0.2, 0) is 4.79 Å². The fourth-order valence-electron chi connectivity index (χ4n) is 1.93. The molecule has 0 bridgehead atoms. The van der Waals surface area contributed by atoms with Crippen LogP contribution in [0.4, 0.5) is 18.9 Å². The lowest BCUT2D eigenvalue weighted by molar-refractivity contribution is -0.165. The standard InChI is InChI=1S/C15H12F3NO3/c1-8(7-12(21)15(16,17)18)19-13-10-5-3-4-6-11(10)22-14(13)9(2)20/h3-7,19H,1-2H3. The lowest BCUT2D eigenvalue weighted by atomic mass is 10.2. The summed E-state index contributed by atoms with van der Waals surface area (Å²) in [5.74, 6) is -2.36. The van der Waals surface area contributed by atoms with E-state index in [4.69, 9.17) is 4.42 Å². The molecule has 1 aromatic heterocycles. The van der Waals surface area contributed by atoms with Gasteiger partial charge in [0.2, 0.25) is 0 Å². The molecule has 0 amide bonds. The maximum absolute atomic E-state index is 12.3. The van der Waals surface area contributed by atoms with Gasteiger partial charge in [-0.1, -0.05) is 12.1 Å². The van der Waals surface area contributed by atoms with Gasteiger partial charge in [0.25, 0.3) is 5.78 Å². The number of nitrogens with one attached hydrogen (secondary N) is 1. The number of halogens is 3. The third kappa shape index (κ3) is 3.19. The zero-order chi connectivity index (χ0) is 16.5. The Bertz CT molecular complexity index is 772. The highest BCUT2D eigenvalue weighted by Crippen LogP contribution is 2.32. The Labute approximate surface area is 123 Å². The van der Waals surface area contributed by atoms with Gasteiger partial charge >= 0.3 is 6.18 Å². The third-order valence-corrected chi connectivity index (χ3v) is 2.86. The highest BCUT2D eigenvalue weighted by Gasteiger charge is 2.36. The second-order valence-electron chi connectivity index (χ2n) is 4.67. The van der Waals surface area contributed by atoms with Gasteiger partial charge in [-0.15, -0.1) is 0 Å². The van der Waals surface area contributed by atoms with E-state index < -0.39 is 12.0 Å². The van der Waals surface area contributed by atoms with Crippen LogP contribution in [0, 0.1) is 0 Å². The largest absolute Gasteiger partial charge is 0.454 e. The molecule has 2 rings (SSSR count). The number of Topliss-reactive ketones (excluding diaryl/α,β-unsaturated/α-hetero) is 1. The van der Waals surface area contributed by atoms with Crippen LogP contribution in [0.2, 0.25) is 0 Å². The fraction of sp³-hybridized carbons (Fsp3) is 0.200. The van der Waals surface area contributed by atoms with E-state index in [2.05, 4.69) is 5.32 Å². The van der Waals surface area contributed by atoms with Crippen LogP contribution in [0.5, 0.6) is 0 Å². The average molecular weight is 311 g/mol. The van der Waals surface area contributed by atoms with Crippen molar-refractivity contribution < 1.29 is 27.2 Å². The Kier molecular flexibility index (Phi) is 4.07. The van der Waals surface area contributed by atoms with Crippen molar-refractivity contribution in [2.24, 2.45) is 0 Å².